The second-order valence-corrected chi connectivity index (χ2v) is 5.66. The first kappa shape index (κ1) is 17.5. The lowest BCUT2D eigenvalue weighted by atomic mass is 10.2. The molecule has 0 fully saturated rings. The minimum absolute atomic E-state index is 0.291. The number of hydrogen-bond donors (Lipinski definition) is 3. The number of rotatable bonds is 3. The first-order chi connectivity index (χ1) is 11.5. The topological polar surface area (TPSA) is 91.3 Å². The van der Waals surface area contributed by atoms with Gasteiger partial charge in [0.05, 0.1) is 4.47 Å². The Kier molecular flexibility index (Phi) is 5.93. The number of hydrogen-bond acceptors (Lipinski definition) is 3. The predicted octanol–water partition coefficient (Wildman–Crippen LogP) is 2.84. The molecule has 6 nitrogen and oxygen atoms in total. The van der Waals surface area contributed by atoms with Gasteiger partial charge in [0.2, 0.25) is 5.91 Å². The van der Waals surface area contributed by atoms with Gasteiger partial charge >= 0.3 is 6.09 Å². The third kappa shape index (κ3) is 5.11. The van der Waals surface area contributed by atoms with Crippen LogP contribution in [0.5, 0.6) is 0 Å². The highest BCUT2D eigenvalue weighted by molar-refractivity contribution is 9.10. The van der Waals surface area contributed by atoms with Gasteiger partial charge in [0.1, 0.15) is 17.6 Å². The fraction of sp³-hybridized carbons (Fsp3) is 0.118. The fourth-order valence-electron chi connectivity index (χ4n) is 1.74. The van der Waals surface area contributed by atoms with Gasteiger partial charge in [0.25, 0.3) is 0 Å². The Morgan fingerprint density at radius 3 is 2.54 bits per heavy atom. The van der Waals surface area contributed by atoms with Crippen LogP contribution in [0.3, 0.4) is 0 Å². The Morgan fingerprint density at radius 1 is 1.17 bits per heavy atom. The van der Waals surface area contributed by atoms with Crippen LogP contribution < -0.4 is 10.6 Å². The van der Waals surface area contributed by atoms with E-state index in [4.69, 9.17) is 5.11 Å². The van der Waals surface area contributed by atoms with E-state index in [1.807, 2.05) is 30.3 Å². The molecule has 24 heavy (non-hydrogen) atoms. The Hall–Kier alpha value is -2.85. The van der Waals surface area contributed by atoms with Gasteiger partial charge in [-0.25, -0.2) is 9.78 Å². The van der Waals surface area contributed by atoms with Gasteiger partial charge in [0, 0.05) is 5.56 Å². The lowest BCUT2D eigenvalue weighted by Crippen LogP contribution is -2.40. The van der Waals surface area contributed by atoms with E-state index >= 15 is 0 Å². The third-order valence-corrected chi connectivity index (χ3v) is 3.57. The highest BCUT2D eigenvalue weighted by Gasteiger charge is 2.15. The van der Waals surface area contributed by atoms with E-state index in [1.54, 1.807) is 12.1 Å². The van der Waals surface area contributed by atoms with Crippen LogP contribution in [0.25, 0.3) is 0 Å². The van der Waals surface area contributed by atoms with Crippen LogP contribution in [-0.4, -0.2) is 28.1 Å². The molecule has 1 heterocycles. The summed E-state index contributed by atoms with van der Waals surface area (Å²) in [6.45, 7) is 1.44. The zero-order chi connectivity index (χ0) is 17.5. The maximum atomic E-state index is 11.9. The Bertz CT molecular complexity index is 813. The number of benzene rings is 1. The van der Waals surface area contributed by atoms with Crippen molar-refractivity contribution >= 4 is 33.7 Å². The number of nitrogens with zero attached hydrogens (tertiary/aromatic N) is 1. The van der Waals surface area contributed by atoms with Gasteiger partial charge in [-0.2, -0.15) is 0 Å². The van der Waals surface area contributed by atoms with E-state index in [2.05, 4.69) is 43.4 Å². The molecular formula is C17H14BrN3O3. The Morgan fingerprint density at radius 2 is 1.88 bits per heavy atom. The molecule has 7 heteroatoms. The molecule has 122 valence electrons. The maximum absolute atomic E-state index is 11.9. The van der Waals surface area contributed by atoms with Crippen molar-refractivity contribution in [2.45, 2.75) is 13.0 Å². The summed E-state index contributed by atoms with van der Waals surface area (Å²) in [5, 5.41) is 13.2. The molecule has 0 aliphatic rings. The van der Waals surface area contributed by atoms with E-state index in [9.17, 15) is 9.59 Å². The summed E-state index contributed by atoms with van der Waals surface area (Å²) in [4.78, 5) is 26.7. The SMILES string of the molecule is CC(NC(=O)O)C(=O)Nc1ccc(Br)c(C#Cc2ccccc2)n1. The van der Waals surface area contributed by atoms with E-state index in [0.29, 0.717) is 16.0 Å². The smallest absolute Gasteiger partial charge is 0.405 e. The van der Waals surface area contributed by atoms with Crippen LogP contribution in [0.15, 0.2) is 46.9 Å². The van der Waals surface area contributed by atoms with Crippen LogP contribution in [0.4, 0.5) is 10.6 Å². The zero-order valence-corrected chi connectivity index (χ0v) is 14.3. The first-order valence-corrected chi connectivity index (χ1v) is 7.79. The molecule has 0 aliphatic carbocycles. The average Bonchev–Trinajstić information content (AvgIpc) is 2.55. The quantitative estimate of drug-likeness (QED) is 0.706. The summed E-state index contributed by atoms with van der Waals surface area (Å²) in [6.07, 6.45) is -1.27. The molecule has 1 atom stereocenters. The number of aromatic nitrogens is 1. The van der Waals surface area contributed by atoms with Crippen molar-refractivity contribution in [1.82, 2.24) is 10.3 Å². The monoisotopic (exact) mass is 387 g/mol. The molecule has 0 aliphatic heterocycles. The van der Waals surface area contributed by atoms with Gasteiger partial charge in [-0.05, 0) is 53.0 Å². The average molecular weight is 388 g/mol. The van der Waals surface area contributed by atoms with Crippen molar-refractivity contribution in [3.05, 3.63) is 58.2 Å². The highest BCUT2D eigenvalue weighted by atomic mass is 79.9. The summed E-state index contributed by atoms with van der Waals surface area (Å²) in [6, 6.07) is 11.9. The van der Waals surface area contributed by atoms with Crippen molar-refractivity contribution in [1.29, 1.82) is 0 Å². The molecule has 3 N–H and O–H groups in total. The van der Waals surface area contributed by atoms with Gasteiger partial charge in [-0.3, -0.25) is 4.79 Å². The summed E-state index contributed by atoms with van der Waals surface area (Å²) < 4.78 is 0.695. The summed E-state index contributed by atoms with van der Waals surface area (Å²) in [7, 11) is 0. The second kappa shape index (κ2) is 8.13. The van der Waals surface area contributed by atoms with Gasteiger partial charge in [-0.1, -0.05) is 24.1 Å². The minimum Gasteiger partial charge on any atom is -0.465 e. The summed E-state index contributed by atoms with van der Waals surface area (Å²) in [5.74, 6) is 5.71. The molecule has 1 unspecified atom stereocenters. The summed E-state index contributed by atoms with van der Waals surface area (Å²) >= 11 is 3.36. The van der Waals surface area contributed by atoms with Gasteiger partial charge < -0.3 is 15.7 Å². The second-order valence-electron chi connectivity index (χ2n) is 4.80. The molecule has 1 aromatic heterocycles. The molecule has 2 rings (SSSR count). The standard InChI is InChI=1S/C17H14BrN3O3/c1-11(19-17(23)24)16(22)21-15-10-8-13(18)14(20-15)9-7-12-5-3-2-4-6-12/h2-6,8,10-11,19H,1H3,(H,23,24)(H,20,21,22). The number of carbonyl (C=O) groups excluding carboxylic acids is 1. The number of nitrogens with one attached hydrogen (secondary N) is 2. The van der Waals surface area contributed by atoms with Crippen LogP contribution in [-0.2, 0) is 4.79 Å². The molecule has 2 aromatic rings. The van der Waals surface area contributed by atoms with Crippen molar-refractivity contribution in [2.24, 2.45) is 0 Å². The van der Waals surface area contributed by atoms with Crippen LogP contribution in [0.1, 0.15) is 18.2 Å². The largest absolute Gasteiger partial charge is 0.465 e. The van der Waals surface area contributed by atoms with E-state index in [1.165, 1.54) is 6.92 Å². The first-order valence-electron chi connectivity index (χ1n) is 6.99. The van der Waals surface area contributed by atoms with Crippen molar-refractivity contribution in [3.63, 3.8) is 0 Å². The Balaban J connectivity index is 2.16. The van der Waals surface area contributed by atoms with Crippen LogP contribution >= 0.6 is 15.9 Å². The number of anilines is 1. The minimum atomic E-state index is -1.27. The highest BCUT2D eigenvalue weighted by Crippen LogP contribution is 2.17. The van der Waals surface area contributed by atoms with Crippen LogP contribution in [0.2, 0.25) is 0 Å². The van der Waals surface area contributed by atoms with Gasteiger partial charge in [0.15, 0.2) is 0 Å². The van der Waals surface area contributed by atoms with E-state index in [-0.39, 0.29) is 0 Å². The normalized spacial score (nSPS) is 10.9. The van der Waals surface area contributed by atoms with Crippen molar-refractivity contribution in [2.75, 3.05) is 5.32 Å². The number of carboxylic acid groups (broad SMARTS) is 1. The van der Waals surface area contributed by atoms with Crippen molar-refractivity contribution in [3.8, 4) is 11.8 Å². The van der Waals surface area contributed by atoms with Crippen molar-refractivity contribution < 1.29 is 14.7 Å². The number of halogens is 1. The van der Waals surface area contributed by atoms with Crippen LogP contribution in [0, 0.1) is 11.8 Å². The molecule has 0 saturated carbocycles. The molecule has 2 amide bonds. The molecule has 0 bridgehead atoms. The fourth-order valence-corrected chi connectivity index (χ4v) is 2.06. The number of amides is 2. The Labute approximate surface area is 147 Å². The zero-order valence-electron chi connectivity index (χ0n) is 12.7. The predicted molar refractivity (Wildman–Crippen MR) is 93.6 cm³/mol. The van der Waals surface area contributed by atoms with E-state index in [0.717, 1.165) is 5.56 Å². The maximum Gasteiger partial charge on any atom is 0.405 e. The summed E-state index contributed by atoms with van der Waals surface area (Å²) in [5.41, 5.74) is 1.32. The molecule has 1 aromatic carbocycles. The third-order valence-electron chi connectivity index (χ3n) is 2.93. The lowest BCUT2D eigenvalue weighted by Gasteiger charge is -2.11. The van der Waals surface area contributed by atoms with Gasteiger partial charge in [-0.15, -0.1) is 0 Å². The molecule has 0 spiro atoms. The van der Waals surface area contributed by atoms with E-state index < -0.39 is 18.0 Å². The lowest BCUT2D eigenvalue weighted by molar-refractivity contribution is -0.117. The molecule has 0 saturated heterocycles. The molecular weight excluding hydrogens is 374 g/mol. The number of carbonyl (C=O) groups is 2. The number of pyridine rings is 1. The molecule has 0 radical (unpaired) electrons.